The Balaban J connectivity index is 1.72. The molecule has 3 atom stereocenters. The van der Waals surface area contributed by atoms with E-state index in [0.29, 0.717) is 18.4 Å². The summed E-state index contributed by atoms with van der Waals surface area (Å²) >= 11 is 5.79. The molecule has 2 aliphatic rings. The Morgan fingerprint density at radius 3 is 2.70 bits per heavy atom. The fourth-order valence-corrected chi connectivity index (χ4v) is 4.07. The lowest BCUT2D eigenvalue weighted by atomic mass is 9.95. The average Bonchev–Trinajstić information content (AvgIpc) is 3.19. The zero-order valence-corrected chi connectivity index (χ0v) is 16.6. The number of likely N-dealkylation sites (tertiary alicyclic amines) is 1. The van der Waals surface area contributed by atoms with Crippen LogP contribution >= 0.6 is 11.6 Å². The lowest BCUT2D eigenvalue weighted by molar-refractivity contribution is -0.124. The molecule has 1 aromatic rings. The Morgan fingerprint density at radius 2 is 2.07 bits per heavy atom. The van der Waals surface area contributed by atoms with Gasteiger partial charge in [-0.2, -0.15) is 0 Å². The fourth-order valence-electron chi connectivity index (χ4n) is 3.88. The van der Waals surface area contributed by atoms with E-state index in [0.717, 1.165) is 0 Å². The van der Waals surface area contributed by atoms with Crippen molar-refractivity contribution in [2.45, 2.75) is 64.1 Å². The highest BCUT2D eigenvalue weighted by Gasteiger charge is 2.67. The summed E-state index contributed by atoms with van der Waals surface area (Å²) in [4.78, 5) is 27.0. The highest BCUT2D eigenvalue weighted by molar-refractivity contribution is 6.30. The number of carbonyl (C=O) groups is 2. The lowest BCUT2D eigenvalue weighted by Gasteiger charge is -2.29. The summed E-state index contributed by atoms with van der Waals surface area (Å²) in [5.41, 5.74) is -0.702. The number of amides is 1. The molecular formula is C20H25ClFNO4. The topological polar surface area (TPSA) is 66.8 Å². The predicted octanol–water partition coefficient (Wildman–Crippen LogP) is 3.74. The number of ether oxygens (including phenoxy) is 1. The van der Waals surface area contributed by atoms with Crippen LogP contribution in [0.3, 0.4) is 0 Å². The molecule has 7 heteroatoms. The van der Waals surface area contributed by atoms with Crippen LogP contribution in [0.5, 0.6) is 0 Å². The van der Waals surface area contributed by atoms with Gasteiger partial charge in [-0.15, -0.1) is 0 Å². The monoisotopic (exact) mass is 397 g/mol. The molecule has 27 heavy (non-hydrogen) atoms. The van der Waals surface area contributed by atoms with Gasteiger partial charge in [-0.3, -0.25) is 9.69 Å². The number of aryl methyl sites for hydroxylation is 1. The van der Waals surface area contributed by atoms with Gasteiger partial charge in [0.25, 0.3) is 0 Å². The number of aliphatic hydroxyl groups is 1. The Kier molecular flexibility index (Phi) is 5.25. The van der Waals surface area contributed by atoms with Gasteiger partial charge in [-0.1, -0.05) is 23.7 Å². The minimum absolute atomic E-state index is 0.0247. The number of nitrogens with zero attached hydrogens (tertiary/aromatic N) is 1. The Bertz CT molecular complexity index is 763. The van der Waals surface area contributed by atoms with E-state index in [2.05, 4.69) is 0 Å². The molecule has 0 aromatic heterocycles. The van der Waals surface area contributed by atoms with Crippen molar-refractivity contribution in [2.75, 3.05) is 6.61 Å². The van der Waals surface area contributed by atoms with Gasteiger partial charge >= 0.3 is 6.09 Å². The lowest BCUT2D eigenvalue weighted by Crippen LogP contribution is -2.45. The molecule has 1 aliphatic carbocycles. The van der Waals surface area contributed by atoms with Gasteiger partial charge in [0.05, 0.1) is 17.7 Å². The first kappa shape index (κ1) is 20.1. The predicted molar refractivity (Wildman–Crippen MR) is 99.1 cm³/mol. The molecule has 148 valence electrons. The summed E-state index contributed by atoms with van der Waals surface area (Å²) in [7, 11) is 0. The van der Waals surface area contributed by atoms with Crippen molar-refractivity contribution in [3.63, 3.8) is 0 Å². The van der Waals surface area contributed by atoms with Crippen molar-refractivity contribution in [3.05, 3.63) is 34.6 Å². The van der Waals surface area contributed by atoms with E-state index in [9.17, 15) is 19.1 Å². The SMILES string of the molecule is CC(C)(C)OC(=O)N1[C@H]2C[C@@]2(CO)C[C@H]1C(=O)CCc1cccc(Cl)c1F. The molecule has 2 fully saturated rings. The second-order valence-corrected chi connectivity index (χ2v) is 8.93. The van der Waals surface area contributed by atoms with Crippen LogP contribution in [0.25, 0.3) is 0 Å². The molecule has 1 saturated heterocycles. The summed E-state index contributed by atoms with van der Waals surface area (Å²) in [5, 5.41) is 9.74. The molecule has 5 nitrogen and oxygen atoms in total. The van der Waals surface area contributed by atoms with E-state index in [-0.39, 0.29) is 36.3 Å². The van der Waals surface area contributed by atoms with Gasteiger partial charge in [0.15, 0.2) is 5.78 Å². The number of ketones is 1. The molecule has 0 spiro atoms. The molecule has 0 radical (unpaired) electrons. The molecule has 0 bridgehead atoms. The number of rotatable bonds is 5. The van der Waals surface area contributed by atoms with E-state index in [1.54, 1.807) is 32.9 Å². The molecule has 3 rings (SSSR count). The smallest absolute Gasteiger partial charge is 0.411 e. The summed E-state index contributed by atoms with van der Waals surface area (Å²) < 4.78 is 19.5. The van der Waals surface area contributed by atoms with Gasteiger partial charge in [0, 0.05) is 17.9 Å². The summed E-state index contributed by atoms with van der Waals surface area (Å²) in [6.07, 6.45) is 0.864. The maximum atomic E-state index is 14.0. The maximum absolute atomic E-state index is 14.0. The Labute approximate surface area is 163 Å². The van der Waals surface area contributed by atoms with E-state index in [1.807, 2.05) is 0 Å². The zero-order valence-electron chi connectivity index (χ0n) is 15.8. The van der Waals surface area contributed by atoms with Gasteiger partial charge in [0.1, 0.15) is 11.4 Å². The molecule has 1 heterocycles. The Hall–Kier alpha value is -1.66. The fraction of sp³-hybridized carbons (Fsp3) is 0.600. The van der Waals surface area contributed by atoms with Crippen LogP contribution in [-0.4, -0.2) is 46.2 Å². The summed E-state index contributed by atoms with van der Waals surface area (Å²) in [6, 6.07) is 3.88. The van der Waals surface area contributed by atoms with Crippen molar-refractivity contribution in [3.8, 4) is 0 Å². The van der Waals surface area contributed by atoms with Gasteiger partial charge < -0.3 is 9.84 Å². The molecule has 1 amide bonds. The largest absolute Gasteiger partial charge is 0.444 e. The van der Waals surface area contributed by atoms with Crippen molar-refractivity contribution in [1.29, 1.82) is 0 Å². The standard InChI is InChI=1S/C20H25ClFNO4/c1-19(2,3)27-18(26)23-14(9-20(11-24)10-16(20)23)15(25)8-7-12-5-4-6-13(21)17(12)22/h4-6,14,16,24H,7-11H2,1-3H3/t14-,16-,20+/m0/s1. The van der Waals surface area contributed by atoms with Crippen LogP contribution in [0.2, 0.25) is 5.02 Å². The van der Waals surface area contributed by atoms with Crippen LogP contribution in [0.15, 0.2) is 18.2 Å². The average molecular weight is 398 g/mol. The second kappa shape index (κ2) is 7.06. The van der Waals surface area contributed by atoms with E-state index < -0.39 is 29.0 Å². The van der Waals surface area contributed by atoms with E-state index in [4.69, 9.17) is 16.3 Å². The van der Waals surface area contributed by atoms with Crippen molar-refractivity contribution >= 4 is 23.5 Å². The van der Waals surface area contributed by atoms with Gasteiger partial charge in [0.2, 0.25) is 0 Å². The third-order valence-corrected chi connectivity index (χ3v) is 5.67. The first-order valence-electron chi connectivity index (χ1n) is 9.16. The number of fused-ring (bicyclic) bond motifs is 1. The van der Waals surface area contributed by atoms with Crippen molar-refractivity contribution < 1.29 is 23.8 Å². The van der Waals surface area contributed by atoms with E-state index >= 15 is 0 Å². The van der Waals surface area contributed by atoms with Crippen LogP contribution in [0.1, 0.15) is 45.6 Å². The minimum atomic E-state index is -0.673. The third-order valence-electron chi connectivity index (χ3n) is 5.38. The normalized spacial score (nSPS) is 26.7. The Morgan fingerprint density at radius 1 is 1.37 bits per heavy atom. The number of carbonyl (C=O) groups excluding carboxylic acids is 2. The maximum Gasteiger partial charge on any atom is 0.411 e. The van der Waals surface area contributed by atoms with Gasteiger partial charge in [-0.25, -0.2) is 9.18 Å². The molecule has 1 N–H and O–H groups in total. The number of aliphatic hydroxyl groups excluding tert-OH is 1. The van der Waals surface area contributed by atoms with Crippen LogP contribution in [0, 0.1) is 11.2 Å². The first-order chi connectivity index (χ1) is 12.6. The molecule has 0 unspecified atom stereocenters. The number of hydrogen-bond donors (Lipinski definition) is 1. The van der Waals surface area contributed by atoms with Gasteiger partial charge in [-0.05, 0) is 51.7 Å². The molecule has 1 aliphatic heterocycles. The minimum Gasteiger partial charge on any atom is -0.444 e. The van der Waals surface area contributed by atoms with Crippen LogP contribution in [-0.2, 0) is 16.0 Å². The van der Waals surface area contributed by atoms with Crippen LogP contribution in [0.4, 0.5) is 9.18 Å². The quantitative estimate of drug-likeness (QED) is 0.821. The third kappa shape index (κ3) is 3.97. The van der Waals surface area contributed by atoms with E-state index in [1.165, 1.54) is 11.0 Å². The molecule has 1 aromatic carbocycles. The summed E-state index contributed by atoms with van der Waals surface area (Å²) in [6.45, 7) is 5.24. The number of Topliss-reactive ketones (excluding diaryl/α,β-unsaturated/α-hetero) is 1. The first-order valence-corrected chi connectivity index (χ1v) is 9.53. The highest BCUT2D eigenvalue weighted by atomic mass is 35.5. The van der Waals surface area contributed by atoms with Crippen molar-refractivity contribution in [1.82, 2.24) is 4.90 Å². The molecular weight excluding hydrogens is 373 g/mol. The highest BCUT2D eigenvalue weighted by Crippen LogP contribution is 2.59. The second-order valence-electron chi connectivity index (χ2n) is 8.53. The molecule has 1 saturated carbocycles. The number of benzene rings is 1. The number of piperidine rings is 1. The van der Waals surface area contributed by atoms with Crippen LogP contribution < -0.4 is 0 Å². The number of hydrogen-bond acceptors (Lipinski definition) is 4. The summed E-state index contributed by atoms with van der Waals surface area (Å²) in [5.74, 6) is -0.669. The number of halogens is 2. The zero-order chi connectivity index (χ0) is 20.0. The van der Waals surface area contributed by atoms with Crippen molar-refractivity contribution in [2.24, 2.45) is 5.41 Å².